The van der Waals surface area contributed by atoms with E-state index in [9.17, 15) is 18.9 Å². The lowest BCUT2D eigenvalue weighted by atomic mass is 10.00. The Morgan fingerprint density at radius 3 is 2.55 bits per heavy atom. The summed E-state index contributed by atoms with van der Waals surface area (Å²) in [5, 5.41) is 3.93. The van der Waals surface area contributed by atoms with Gasteiger partial charge in [-0.3, -0.25) is 18.9 Å². The zero-order valence-corrected chi connectivity index (χ0v) is 20.2. The molecule has 0 aliphatic carbocycles. The molecule has 1 saturated heterocycles. The third-order valence-corrected chi connectivity index (χ3v) is 8.29. The number of amides is 1. The lowest BCUT2D eigenvalue weighted by Gasteiger charge is -2.34. The maximum Gasteiger partial charge on any atom is 0.329 e. The van der Waals surface area contributed by atoms with Crippen molar-refractivity contribution >= 4 is 36.3 Å². The van der Waals surface area contributed by atoms with Gasteiger partial charge in [-0.1, -0.05) is 62.9 Å². The van der Waals surface area contributed by atoms with E-state index in [4.69, 9.17) is 9.36 Å². The summed E-state index contributed by atoms with van der Waals surface area (Å²) in [5.74, 6) is -0.829. The molecule has 1 aromatic carbocycles. The van der Waals surface area contributed by atoms with E-state index in [1.54, 1.807) is 0 Å². The predicted molar refractivity (Wildman–Crippen MR) is 120 cm³/mol. The normalized spacial score (nSPS) is 19.0. The summed E-state index contributed by atoms with van der Waals surface area (Å²) in [7, 11) is -3.65. The van der Waals surface area contributed by atoms with Crippen molar-refractivity contribution in [3.05, 3.63) is 35.9 Å². The van der Waals surface area contributed by atoms with Crippen LogP contribution < -0.4 is 5.09 Å². The number of hydrogen-bond acceptors (Lipinski definition) is 7. The summed E-state index contributed by atoms with van der Waals surface area (Å²) in [6, 6.07) is 9.37. The molecule has 0 bridgehead atoms. The molecule has 10 heteroatoms. The average molecular weight is 471 g/mol. The molecule has 0 radical (unpaired) electrons. The molecule has 1 aromatic rings. The predicted octanol–water partition coefficient (Wildman–Crippen LogP) is 3.76. The number of hydrogen-bond donors (Lipinski definition) is 1. The maximum absolute atomic E-state index is 13.8. The van der Waals surface area contributed by atoms with E-state index < -0.39 is 30.5 Å². The topological polar surface area (TPSA) is 102 Å². The smallest absolute Gasteiger partial charge is 0.329 e. The fourth-order valence-corrected chi connectivity index (χ4v) is 6.06. The molecular formula is C21H31N2O6PS. The first-order chi connectivity index (χ1) is 14.5. The summed E-state index contributed by atoms with van der Waals surface area (Å²) in [4.78, 5) is 41.3. The molecule has 1 heterocycles. The number of carbonyl (C=O) groups is 3. The second-order valence-electron chi connectivity index (χ2n) is 8.32. The Labute approximate surface area is 187 Å². The van der Waals surface area contributed by atoms with Gasteiger partial charge in [-0.15, -0.1) is 0 Å². The van der Waals surface area contributed by atoms with E-state index in [0.29, 0.717) is 18.6 Å². The van der Waals surface area contributed by atoms with Crippen molar-refractivity contribution in [1.82, 2.24) is 10.2 Å². The second-order valence-corrected chi connectivity index (χ2v) is 11.8. The van der Waals surface area contributed by atoms with Crippen LogP contribution in [0.25, 0.3) is 0 Å². The van der Waals surface area contributed by atoms with Gasteiger partial charge < -0.3 is 9.36 Å². The number of carbonyl (C=O) groups excluding carboxylic acids is 3. The third-order valence-electron chi connectivity index (χ3n) is 4.58. The lowest BCUT2D eigenvalue weighted by Crippen LogP contribution is -2.46. The first-order valence-corrected chi connectivity index (χ1v) is 12.9. The van der Waals surface area contributed by atoms with Crippen molar-refractivity contribution in [2.45, 2.75) is 52.7 Å². The van der Waals surface area contributed by atoms with Crippen LogP contribution in [-0.4, -0.2) is 46.6 Å². The van der Waals surface area contributed by atoms with E-state index in [1.807, 2.05) is 51.1 Å². The van der Waals surface area contributed by atoms with Crippen LogP contribution in [-0.2, 0) is 34.9 Å². The number of thioether (sulfide) groups is 1. The second kappa shape index (κ2) is 11.3. The monoisotopic (exact) mass is 470 g/mol. The molecule has 1 fully saturated rings. The van der Waals surface area contributed by atoms with Crippen molar-refractivity contribution in [3.8, 4) is 0 Å². The first-order valence-electron chi connectivity index (χ1n) is 10.2. The van der Waals surface area contributed by atoms with Gasteiger partial charge in [0.25, 0.3) is 13.4 Å². The zero-order chi connectivity index (χ0) is 23.1. The van der Waals surface area contributed by atoms with Gasteiger partial charge in [0.2, 0.25) is 0 Å². The summed E-state index contributed by atoms with van der Waals surface area (Å²) < 4.78 is 19.6. The SMILES string of the molecule is CC(=O)ON1CCCC(P(=O)(NCc2ccccc2)OCCSC(=O)C(C)(C)C)C1=O. The standard InChI is InChI=1S/C21H31N2O6PS/c1-16(24)29-23-12-8-11-18(19(23)25)30(27,22-15-17-9-6-5-7-10-17)28-13-14-31-20(26)21(2,3)4/h5-7,9-10,18H,8,11-15H2,1-4H3,(H,22,27). The zero-order valence-electron chi connectivity index (χ0n) is 18.5. The van der Waals surface area contributed by atoms with Crippen LogP contribution in [0, 0.1) is 5.41 Å². The molecule has 0 saturated carbocycles. The summed E-state index contributed by atoms with van der Waals surface area (Å²) in [5.41, 5.74) is -0.555. The Balaban J connectivity index is 2.11. The van der Waals surface area contributed by atoms with Crippen LogP contribution in [0.3, 0.4) is 0 Å². The first kappa shape index (κ1) is 25.6. The van der Waals surface area contributed by atoms with Crippen LogP contribution in [0.4, 0.5) is 0 Å². The Hall–Kier alpha value is -1.67. The van der Waals surface area contributed by atoms with Crippen molar-refractivity contribution in [2.24, 2.45) is 5.41 Å². The van der Waals surface area contributed by atoms with Crippen LogP contribution >= 0.6 is 19.3 Å². The molecule has 31 heavy (non-hydrogen) atoms. The van der Waals surface area contributed by atoms with Gasteiger partial charge in [0.15, 0.2) is 5.12 Å². The largest absolute Gasteiger partial charge is 0.338 e. The Kier molecular flexibility index (Phi) is 9.30. The molecule has 2 unspecified atom stereocenters. The number of rotatable bonds is 9. The molecule has 1 N–H and O–H groups in total. The quantitative estimate of drug-likeness (QED) is 0.430. The lowest BCUT2D eigenvalue weighted by molar-refractivity contribution is -0.199. The number of piperidine rings is 1. The highest BCUT2D eigenvalue weighted by atomic mass is 32.2. The van der Waals surface area contributed by atoms with Crippen LogP contribution in [0.2, 0.25) is 0 Å². The van der Waals surface area contributed by atoms with E-state index in [1.165, 1.54) is 6.92 Å². The minimum Gasteiger partial charge on any atom is -0.338 e. The average Bonchev–Trinajstić information content (AvgIpc) is 2.71. The number of hydroxylamine groups is 2. The van der Waals surface area contributed by atoms with Crippen LogP contribution in [0.15, 0.2) is 30.3 Å². The molecule has 2 rings (SSSR count). The molecule has 8 nitrogen and oxygen atoms in total. The maximum atomic E-state index is 13.8. The Bertz CT molecular complexity index is 827. The Morgan fingerprint density at radius 2 is 1.94 bits per heavy atom. The highest BCUT2D eigenvalue weighted by Crippen LogP contribution is 2.51. The molecule has 1 aliphatic rings. The molecular weight excluding hydrogens is 439 g/mol. The van der Waals surface area contributed by atoms with E-state index in [0.717, 1.165) is 22.4 Å². The van der Waals surface area contributed by atoms with Crippen molar-refractivity contribution in [2.75, 3.05) is 18.9 Å². The molecule has 1 amide bonds. The van der Waals surface area contributed by atoms with Gasteiger partial charge in [0.1, 0.15) is 5.66 Å². The van der Waals surface area contributed by atoms with E-state index in [2.05, 4.69) is 5.09 Å². The van der Waals surface area contributed by atoms with Gasteiger partial charge in [-0.05, 0) is 18.4 Å². The molecule has 172 valence electrons. The van der Waals surface area contributed by atoms with Crippen molar-refractivity contribution in [1.29, 1.82) is 0 Å². The summed E-state index contributed by atoms with van der Waals surface area (Å²) in [6.45, 7) is 7.26. The minimum absolute atomic E-state index is 0.0120. The fourth-order valence-electron chi connectivity index (χ4n) is 2.96. The highest BCUT2D eigenvalue weighted by Gasteiger charge is 2.45. The van der Waals surface area contributed by atoms with Gasteiger partial charge in [0.05, 0.1) is 13.2 Å². The van der Waals surface area contributed by atoms with Gasteiger partial charge in [-0.2, -0.15) is 5.06 Å². The number of nitrogens with zero attached hydrogens (tertiary/aromatic N) is 1. The van der Waals surface area contributed by atoms with E-state index >= 15 is 0 Å². The van der Waals surface area contributed by atoms with Gasteiger partial charge in [0, 0.05) is 24.6 Å². The molecule has 0 aromatic heterocycles. The number of nitrogens with one attached hydrogen (secondary N) is 1. The van der Waals surface area contributed by atoms with Crippen LogP contribution in [0.1, 0.15) is 46.1 Å². The molecule has 1 aliphatic heterocycles. The molecule has 2 atom stereocenters. The third kappa shape index (κ3) is 7.75. The van der Waals surface area contributed by atoms with Crippen molar-refractivity contribution in [3.63, 3.8) is 0 Å². The molecule has 0 spiro atoms. The summed E-state index contributed by atoms with van der Waals surface area (Å²) in [6.07, 6.45) is 0.880. The van der Waals surface area contributed by atoms with Gasteiger partial charge >= 0.3 is 5.97 Å². The minimum atomic E-state index is -3.65. The van der Waals surface area contributed by atoms with Crippen molar-refractivity contribution < 1.29 is 28.3 Å². The Morgan fingerprint density at radius 1 is 1.26 bits per heavy atom. The van der Waals surface area contributed by atoms with Gasteiger partial charge in [-0.25, -0.2) is 5.09 Å². The van der Waals surface area contributed by atoms with E-state index in [-0.39, 0.29) is 24.8 Å². The highest BCUT2D eigenvalue weighted by molar-refractivity contribution is 8.13. The number of benzene rings is 1. The fraction of sp³-hybridized carbons (Fsp3) is 0.571. The van der Waals surface area contributed by atoms with Crippen LogP contribution in [0.5, 0.6) is 0 Å². The summed E-state index contributed by atoms with van der Waals surface area (Å²) >= 11 is 1.12.